The van der Waals surface area contributed by atoms with Crippen molar-refractivity contribution < 1.29 is 0 Å². The van der Waals surface area contributed by atoms with Crippen molar-refractivity contribution in [2.24, 2.45) is 5.92 Å². The van der Waals surface area contributed by atoms with Gasteiger partial charge in [0.2, 0.25) is 0 Å². The third kappa shape index (κ3) is 3.76. The quantitative estimate of drug-likeness (QED) is 0.828. The standard InChI is InChI=1S/C18H30N2/c1-4-6-15-11-13-20(14-12-15)17-9-7-16(8-10-17)18(5-2)19-3/h7-10,15,18-19H,4-6,11-14H2,1-3H3. The Labute approximate surface area is 124 Å². The Kier molecular flexibility index (Phi) is 5.90. The maximum Gasteiger partial charge on any atom is 0.0366 e. The maximum atomic E-state index is 3.37. The van der Waals surface area contributed by atoms with E-state index < -0.39 is 0 Å². The van der Waals surface area contributed by atoms with Crippen LogP contribution < -0.4 is 10.2 Å². The minimum Gasteiger partial charge on any atom is -0.372 e. The zero-order valence-electron chi connectivity index (χ0n) is 13.4. The number of nitrogens with zero attached hydrogens (tertiary/aromatic N) is 1. The zero-order chi connectivity index (χ0) is 14.4. The van der Waals surface area contributed by atoms with E-state index in [1.165, 1.54) is 50.0 Å². The number of piperidine rings is 1. The van der Waals surface area contributed by atoms with Gasteiger partial charge in [-0.05, 0) is 49.9 Å². The number of benzene rings is 1. The number of hydrogen-bond donors (Lipinski definition) is 1. The lowest BCUT2D eigenvalue weighted by atomic mass is 9.92. The molecule has 2 nitrogen and oxygen atoms in total. The second kappa shape index (κ2) is 7.68. The Balaban J connectivity index is 1.94. The molecule has 1 atom stereocenters. The lowest BCUT2D eigenvalue weighted by molar-refractivity contribution is 0.378. The van der Waals surface area contributed by atoms with E-state index in [0.29, 0.717) is 6.04 Å². The molecule has 1 N–H and O–H groups in total. The topological polar surface area (TPSA) is 15.3 Å². The molecule has 112 valence electrons. The largest absolute Gasteiger partial charge is 0.372 e. The first-order chi connectivity index (χ1) is 9.78. The summed E-state index contributed by atoms with van der Waals surface area (Å²) in [6.45, 7) is 6.99. The monoisotopic (exact) mass is 274 g/mol. The molecule has 0 spiro atoms. The summed E-state index contributed by atoms with van der Waals surface area (Å²) in [5, 5.41) is 3.37. The Morgan fingerprint density at radius 3 is 2.30 bits per heavy atom. The average molecular weight is 274 g/mol. The molecule has 1 aromatic rings. The van der Waals surface area contributed by atoms with Crippen molar-refractivity contribution in [3.05, 3.63) is 29.8 Å². The van der Waals surface area contributed by atoms with E-state index in [4.69, 9.17) is 0 Å². The van der Waals surface area contributed by atoms with E-state index in [2.05, 4.69) is 48.3 Å². The van der Waals surface area contributed by atoms with Gasteiger partial charge in [-0.1, -0.05) is 38.8 Å². The molecule has 2 heteroatoms. The predicted octanol–water partition coefficient (Wildman–Crippen LogP) is 4.37. The van der Waals surface area contributed by atoms with E-state index in [1.54, 1.807) is 0 Å². The molecule has 1 saturated heterocycles. The van der Waals surface area contributed by atoms with Crippen LogP contribution in [0.1, 0.15) is 57.6 Å². The summed E-state index contributed by atoms with van der Waals surface area (Å²) in [6.07, 6.45) is 6.61. The first kappa shape index (κ1) is 15.4. The number of rotatable bonds is 6. The number of nitrogens with one attached hydrogen (secondary N) is 1. The molecule has 0 amide bonds. The lowest BCUT2D eigenvalue weighted by Gasteiger charge is -2.33. The molecule has 0 saturated carbocycles. The molecule has 0 aliphatic carbocycles. The Bertz CT molecular complexity index is 373. The molecule has 1 aromatic carbocycles. The highest BCUT2D eigenvalue weighted by molar-refractivity contribution is 5.48. The van der Waals surface area contributed by atoms with Crippen LogP contribution in [-0.2, 0) is 0 Å². The second-order valence-electron chi connectivity index (χ2n) is 6.06. The van der Waals surface area contributed by atoms with Gasteiger partial charge in [0.25, 0.3) is 0 Å². The van der Waals surface area contributed by atoms with E-state index >= 15 is 0 Å². The molecular formula is C18H30N2. The van der Waals surface area contributed by atoms with E-state index in [1.807, 2.05) is 7.05 Å². The van der Waals surface area contributed by atoms with Crippen LogP contribution >= 0.6 is 0 Å². The smallest absolute Gasteiger partial charge is 0.0366 e. The van der Waals surface area contributed by atoms with Gasteiger partial charge in [-0.2, -0.15) is 0 Å². The molecular weight excluding hydrogens is 244 g/mol. The van der Waals surface area contributed by atoms with E-state index in [9.17, 15) is 0 Å². The van der Waals surface area contributed by atoms with Gasteiger partial charge in [0.1, 0.15) is 0 Å². The summed E-state index contributed by atoms with van der Waals surface area (Å²) >= 11 is 0. The first-order valence-electron chi connectivity index (χ1n) is 8.30. The van der Waals surface area contributed by atoms with Gasteiger partial charge in [-0.3, -0.25) is 0 Å². The van der Waals surface area contributed by atoms with Crippen LogP contribution in [0.2, 0.25) is 0 Å². The van der Waals surface area contributed by atoms with Crippen molar-refractivity contribution in [2.45, 2.75) is 52.0 Å². The van der Waals surface area contributed by atoms with Gasteiger partial charge >= 0.3 is 0 Å². The van der Waals surface area contributed by atoms with Crippen molar-refractivity contribution in [3.8, 4) is 0 Å². The fourth-order valence-corrected chi connectivity index (χ4v) is 3.41. The zero-order valence-corrected chi connectivity index (χ0v) is 13.4. The molecule has 0 aromatic heterocycles. The summed E-state index contributed by atoms with van der Waals surface area (Å²) in [5.41, 5.74) is 2.80. The maximum absolute atomic E-state index is 3.37. The van der Waals surface area contributed by atoms with Crippen LogP contribution in [0.25, 0.3) is 0 Å². The summed E-state index contributed by atoms with van der Waals surface area (Å²) in [6, 6.07) is 9.67. The van der Waals surface area contributed by atoms with Gasteiger partial charge in [0.05, 0.1) is 0 Å². The van der Waals surface area contributed by atoms with E-state index in [0.717, 1.165) is 12.3 Å². The normalized spacial score (nSPS) is 18.2. The molecule has 1 unspecified atom stereocenters. The fraction of sp³-hybridized carbons (Fsp3) is 0.667. The Hall–Kier alpha value is -1.02. The van der Waals surface area contributed by atoms with Gasteiger partial charge < -0.3 is 10.2 Å². The Morgan fingerprint density at radius 1 is 1.15 bits per heavy atom. The van der Waals surface area contributed by atoms with Crippen molar-refractivity contribution in [1.29, 1.82) is 0 Å². The molecule has 1 heterocycles. The molecule has 1 aliphatic rings. The summed E-state index contributed by atoms with van der Waals surface area (Å²) < 4.78 is 0. The van der Waals surface area contributed by atoms with E-state index in [-0.39, 0.29) is 0 Å². The highest BCUT2D eigenvalue weighted by atomic mass is 15.1. The van der Waals surface area contributed by atoms with Gasteiger partial charge in [-0.25, -0.2) is 0 Å². The SMILES string of the molecule is CCCC1CCN(c2ccc(C(CC)NC)cc2)CC1. The highest BCUT2D eigenvalue weighted by Gasteiger charge is 2.18. The van der Waals surface area contributed by atoms with Crippen LogP contribution in [0.15, 0.2) is 24.3 Å². The first-order valence-corrected chi connectivity index (χ1v) is 8.30. The summed E-state index contributed by atoms with van der Waals surface area (Å²) in [5.74, 6) is 0.962. The van der Waals surface area contributed by atoms with Crippen molar-refractivity contribution in [2.75, 3.05) is 25.0 Å². The second-order valence-corrected chi connectivity index (χ2v) is 6.06. The third-order valence-electron chi connectivity index (χ3n) is 4.73. The van der Waals surface area contributed by atoms with Crippen LogP contribution in [0.4, 0.5) is 5.69 Å². The number of hydrogen-bond acceptors (Lipinski definition) is 2. The summed E-state index contributed by atoms with van der Waals surface area (Å²) in [7, 11) is 2.04. The van der Waals surface area contributed by atoms with Crippen molar-refractivity contribution in [1.82, 2.24) is 5.32 Å². The molecule has 1 aliphatic heterocycles. The summed E-state index contributed by atoms with van der Waals surface area (Å²) in [4.78, 5) is 2.55. The highest BCUT2D eigenvalue weighted by Crippen LogP contribution is 2.27. The molecule has 2 rings (SSSR count). The molecule has 1 fully saturated rings. The van der Waals surface area contributed by atoms with Crippen LogP contribution in [0, 0.1) is 5.92 Å². The minimum absolute atomic E-state index is 0.486. The average Bonchev–Trinajstić information content (AvgIpc) is 2.50. The van der Waals surface area contributed by atoms with Gasteiger partial charge in [0, 0.05) is 24.8 Å². The minimum atomic E-state index is 0.486. The molecule has 0 radical (unpaired) electrons. The molecule has 0 bridgehead atoms. The van der Waals surface area contributed by atoms with Crippen LogP contribution in [0.3, 0.4) is 0 Å². The van der Waals surface area contributed by atoms with Crippen molar-refractivity contribution >= 4 is 5.69 Å². The lowest BCUT2D eigenvalue weighted by Crippen LogP contribution is -2.33. The number of anilines is 1. The van der Waals surface area contributed by atoms with Crippen LogP contribution in [-0.4, -0.2) is 20.1 Å². The third-order valence-corrected chi connectivity index (χ3v) is 4.73. The van der Waals surface area contributed by atoms with Gasteiger partial charge in [0.15, 0.2) is 0 Å². The molecule has 20 heavy (non-hydrogen) atoms. The van der Waals surface area contributed by atoms with Crippen molar-refractivity contribution in [3.63, 3.8) is 0 Å². The Morgan fingerprint density at radius 2 is 1.80 bits per heavy atom. The van der Waals surface area contributed by atoms with Crippen LogP contribution in [0.5, 0.6) is 0 Å². The van der Waals surface area contributed by atoms with Gasteiger partial charge in [-0.15, -0.1) is 0 Å². The predicted molar refractivity (Wildman–Crippen MR) is 88.4 cm³/mol. The fourth-order valence-electron chi connectivity index (χ4n) is 3.41.